The summed E-state index contributed by atoms with van der Waals surface area (Å²) < 4.78 is 5.49. The Balaban J connectivity index is 1.77. The van der Waals surface area contributed by atoms with Crippen molar-refractivity contribution in [3.05, 3.63) is 60.0 Å². The fourth-order valence-corrected chi connectivity index (χ4v) is 4.01. The number of anilines is 2. The van der Waals surface area contributed by atoms with E-state index >= 15 is 0 Å². The first-order chi connectivity index (χ1) is 17.2. The summed E-state index contributed by atoms with van der Waals surface area (Å²) in [5.74, 6) is -1.69. The molecular formula is C24H20N8O4. The summed E-state index contributed by atoms with van der Waals surface area (Å²) in [6, 6.07) is 8.02. The summed E-state index contributed by atoms with van der Waals surface area (Å²) in [4.78, 5) is 53.0. The Morgan fingerprint density at radius 2 is 1.72 bits per heavy atom. The van der Waals surface area contributed by atoms with Crippen LogP contribution in [0.25, 0.3) is 33.9 Å². The molecule has 1 unspecified atom stereocenters. The highest BCUT2D eigenvalue weighted by molar-refractivity contribution is 6.08. The molecule has 0 bridgehead atoms. The molecule has 36 heavy (non-hydrogen) atoms. The molecule has 1 aliphatic heterocycles. The number of benzene rings is 1. The topological polar surface area (TPSA) is 205 Å². The van der Waals surface area contributed by atoms with E-state index in [1.54, 1.807) is 30.7 Å². The zero-order valence-corrected chi connectivity index (χ0v) is 18.9. The van der Waals surface area contributed by atoms with Crippen LogP contribution in [-0.2, 0) is 4.79 Å². The molecule has 0 saturated heterocycles. The highest BCUT2D eigenvalue weighted by Crippen LogP contribution is 2.43. The average Bonchev–Trinajstić information content (AvgIpc) is 3.23. The van der Waals surface area contributed by atoms with E-state index < -0.39 is 23.8 Å². The highest BCUT2D eigenvalue weighted by atomic mass is 16.5. The van der Waals surface area contributed by atoms with Gasteiger partial charge in [0.1, 0.15) is 23.1 Å². The predicted octanol–water partition coefficient (Wildman–Crippen LogP) is 1.71. The second-order valence-electron chi connectivity index (χ2n) is 8.04. The van der Waals surface area contributed by atoms with Crippen molar-refractivity contribution >= 4 is 29.2 Å². The molecule has 3 aromatic heterocycles. The first-order valence-corrected chi connectivity index (χ1v) is 10.8. The molecule has 4 heterocycles. The average molecular weight is 484 g/mol. The lowest BCUT2D eigenvalue weighted by Crippen LogP contribution is -2.31. The Kier molecular flexibility index (Phi) is 5.32. The van der Waals surface area contributed by atoms with Gasteiger partial charge in [0.05, 0.1) is 28.7 Å². The minimum absolute atomic E-state index is 0.0240. The van der Waals surface area contributed by atoms with Gasteiger partial charge in [-0.2, -0.15) is 0 Å². The lowest BCUT2D eigenvalue weighted by Gasteiger charge is -2.16. The number of ether oxygens (including phenoxy) is 1. The first kappa shape index (κ1) is 22.5. The summed E-state index contributed by atoms with van der Waals surface area (Å²) in [5, 5.41) is 3.25. The molecule has 0 spiro atoms. The van der Waals surface area contributed by atoms with Crippen molar-refractivity contribution in [1.29, 1.82) is 0 Å². The number of hydrogen-bond acceptors (Lipinski definition) is 8. The molecule has 0 radical (unpaired) electrons. The normalized spacial score (nSPS) is 12.2. The van der Waals surface area contributed by atoms with Crippen molar-refractivity contribution < 1.29 is 19.1 Å². The summed E-state index contributed by atoms with van der Waals surface area (Å²) in [5.41, 5.74) is 19.8. The molecule has 1 atom stereocenters. The van der Waals surface area contributed by atoms with Crippen LogP contribution in [0.1, 0.15) is 27.6 Å². The maximum absolute atomic E-state index is 12.5. The Morgan fingerprint density at radius 1 is 1.00 bits per heavy atom. The number of H-pyrrole nitrogens is 1. The smallest absolute Gasteiger partial charge is 0.258 e. The lowest BCUT2D eigenvalue weighted by molar-refractivity contribution is -0.123. The van der Waals surface area contributed by atoms with E-state index in [2.05, 4.69) is 20.3 Å². The fourth-order valence-electron chi connectivity index (χ4n) is 4.01. The standard InChI is InChI=1S/C24H20N8O4/c1-10(20(25)33)36-11-7-14(21(26)34)17(15(8-11)22(27)35)24-31-18-12-4-6-28-9-16(12)30-23-13(19(18)32-24)3-2-5-29-23/h2-10H,1H3,(H2,25,33)(H2,26,34)(H2,27,35)(H,29,30)(H,31,32). The number of rotatable bonds is 6. The van der Waals surface area contributed by atoms with Crippen molar-refractivity contribution in [2.45, 2.75) is 13.0 Å². The molecule has 0 aliphatic carbocycles. The van der Waals surface area contributed by atoms with Gasteiger partial charge in [0.2, 0.25) is 11.8 Å². The third kappa shape index (κ3) is 3.76. The van der Waals surface area contributed by atoms with E-state index in [1.165, 1.54) is 19.1 Å². The summed E-state index contributed by atoms with van der Waals surface area (Å²) in [6.07, 6.45) is 3.89. The maximum atomic E-state index is 12.5. The van der Waals surface area contributed by atoms with Crippen molar-refractivity contribution in [3.8, 4) is 39.7 Å². The number of aromatic nitrogens is 4. The minimum Gasteiger partial charge on any atom is -0.481 e. The Bertz CT molecular complexity index is 1460. The summed E-state index contributed by atoms with van der Waals surface area (Å²) >= 11 is 0. The number of carbonyl (C=O) groups excluding carboxylic acids is 3. The second-order valence-corrected chi connectivity index (χ2v) is 8.04. The van der Waals surface area contributed by atoms with Gasteiger partial charge in [0.15, 0.2) is 6.10 Å². The van der Waals surface area contributed by atoms with E-state index in [0.29, 0.717) is 28.5 Å². The van der Waals surface area contributed by atoms with E-state index in [-0.39, 0.29) is 28.3 Å². The third-order valence-corrected chi connectivity index (χ3v) is 5.70. The molecule has 0 saturated carbocycles. The van der Waals surface area contributed by atoms with Crippen LogP contribution in [0.15, 0.2) is 48.9 Å². The van der Waals surface area contributed by atoms with Gasteiger partial charge in [-0.05, 0) is 37.3 Å². The van der Waals surface area contributed by atoms with Crippen molar-refractivity contribution in [1.82, 2.24) is 19.9 Å². The van der Waals surface area contributed by atoms with Crippen LogP contribution in [0.4, 0.5) is 11.5 Å². The zero-order chi connectivity index (χ0) is 25.6. The molecule has 12 heteroatoms. The monoisotopic (exact) mass is 484 g/mol. The van der Waals surface area contributed by atoms with Crippen molar-refractivity contribution in [2.75, 3.05) is 5.32 Å². The van der Waals surface area contributed by atoms with Crippen LogP contribution < -0.4 is 27.3 Å². The predicted molar refractivity (Wildman–Crippen MR) is 130 cm³/mol. The number of nitrogens with one attached hydrogen (secondary N) is 2. The van der Waals surface area contributed by atoms with E-state index in [0.717, 1.165) is 5.56 Å². The zero-order valence-electron chi connectivity index (χ0n) is 18.9. The molecule has 3 amide bonds. The van der Waals surface area contributed by atoms with Gasteiger partial charge in [-0.3, -0.25) is 19.4 Å². The Hall–Kier alpha value is -5.26. The van der Waals surface area contributed by atoms with Crippen molar-refractivity contribution in [2.24, 2.45) is 17.2 Å². The number of primary amides is 3. The summed E-state index contributed by atoms with van der Waals surface area (Å²) in [7, 11) is 0. The van der Waals surface area contributed by atoms with Crippen LogP contribution in [0, 0.1) is 0 Å². The van der Waals surface area contributed by atoms with Crippen LogP contribution in [0.2, 0.25) is 0 Å². The molecule has 1 aromatic carbocycles. The minimum atomic E-state index is -1.03. The number of carbonyl (C=O) groups is 3. The molecule has 12 nitrogen and oxygen atoms in total. The van der Waals surface area contributed by atoms with E-state index in [1.807, 2.05) is 6.07 Å². The maximum Gasteiger partial charge on any atom is 0.258 e. The van der Waals surface area contributed by atoms with Gasteiger partial charge < -0.3 is 32.2 Å². The fraction of sp³-hybridized carbons (Fsp3) is 0.0833. The number of pyridine rings is 2. The molecule has 0 fully saturated rings. The van der Waals surface area contributed by atoms with Crippen molar-refractivity contribution in [3.63, 3.8) is 0 Å². The third-order valence-electron chi connectivity index (χ3n) is 5.70. The number of amides is 3. The summed E-state index contributed by atoms with van der Waals surface area (Å²) in [6.45, 7) is 1.43. The van der Waals surface area contributed by atoms with E-state index in [4.69, 9.17) is 26.9 Å². The molecular weight excluding hydrogens is 464 g/mol. The second kappa shape index (κ2) is 8.51. The van der Waals surface area contributed by atoms with E-state index in [9.17, 15) is 14.4 Å². The SMILES string of the molecule is CC(Oc1cc(C(N)=O)c(-c2nc3c([nH]2)-c2ccncc2Nc2ncccc2-3)c(C(N)=O)c1)C(N)=O. The van der Waals surface area contributed by atoms with Gasteiger partial charge >= 0.3 is 0 Å². The number of imidazole rings is 1. The van der Waals surface area contributed by atoms with Crippen LogP contribution in [-0.4, -0.2) is 43.8 Å². The molecule has 5 rings (SSSR count). The van der Waals surface area contributed by atoms with Crippen LogP contribution >= 0.6 is 0 Å². The van der Waals surface area contributed by atoms with Gasteiger partial charge in [-0.1, -0.05) is 0 Å². The number of nitrogens with two attached hydrogens (primary N) is 3. The largest absolute Gasteiger partial charge is 0.481 e. The number of nitrogens with zero attached hydrogens (tertiary/aromatic N) is 3. The molecule has 8 N–H and O–H groups in total. The number of aromatic amines is 1. The molecule has 4 aromatic rings. The molecule has 1 aliphatic rings. The Labute approximate surface area is 203 Å². The van der Waals surface area contributed by atoms with Gasteiger partial charge in [-0.15, -0.1) is 0 Å². The quantitative estimate of drug-likeness (QED) is 0.239. The highest BCUT2D eigenvalue weighted by Gasteiger charge is 2.28. The van der Waals surface area contributed by atoms with Crippen LogP contribution in [0.3, 0.4) is 0 Å². The van der Waals surface area contributed by atoms with Gasteiger partial charge in [0, 0.05) is 29.1 Å². The Morgan fingerprint density at radius 3 is 2.39 bits per heavy atom. The first-order valence-electron chi connectivity index (χ1n) is 10.8. The molecule has 180 valence electrons. The van der Waals surface area contributed by atoms with Gasteiger partial charge in [0.25, 0.3) is 5.91 Å². The lowest BCUT2D eigenvalue weighted by atomic mass is 9.98. The van der Waals surface area contributed by atoms with Crippen LogP contribution in [0.5, 0.6) is 5.75 Å². The van der Waals surface area contributed by atoms with Gasteiger partial charge in [-0.25, -0.2) is 9.97 Å². The number of fused-ring (bicyclic) bond motifs is 5. The number of hydrogen-bond donors (Lipinski definition) is 5.